The molecule has 1 N–H and O–H groups in total. The molecule has 3 nitrogen and oxygen atoms in total. The van der Waals surface area contributed by atoms with Gasteiger partial charge in [-0.1, -0.05) is 19.1 Å². The molecule has 1 aliphatic rings. The van der Waals surface area contributed by atoms with E-state index in [9.17, 15) is 10.4 Å². The van der Waals surface area contributed by atoms with Crippen LogP contribution in [0, 0.1) is 22.7 Å². The van der Waals surface area contributed by atoms with E-state index < -0.39 is 11.0 Å². The van der Waals surface area contributed by atoms with Gasteiger partial charge in [-0.05, 0) is 49.8 Å². The van der Waals surface area contributed by atoms with Gasteiger partial charge in [-0.2, -0.15) is 5.26 Å². The quantitative estimate of drug-likeness (QED) is 0.915. The molecule has 0 aromatic heterocycles. The van der Waals surface area contributed by atoms with Crippen molar-refractivity contribution in [3.8, 4) is 11.8 Å². The highest BCUT2D eigenvalue weighted by molar-refractivity contribution is 5.29. The minimum absolute atomic E-state index is 0.497. The lowest BCUT2D eigenvalue weighted by Gasteiger charge is -2.38. The van der Waals surface area contributed by atoms with Crippen molar-refractivity contribution >= 4 is 0 Å². The number of rotatable bonds is 4. The third-order valence-corrected chi connectivity index (χ3v) is 4.71. The van der Waals surface area contributed by atoms with Gasteiger partial charge in [0.25, 0.3) is 0 Å². The molecule has 1 fully saturated rings. The molecule has 1 aliphatic carbocycles. The zero-order valence-corrected chi connectivity index (χ0v) is 12.5. The summed E-state index contributed by atoms with van der Waals surface area (Å²) in [4.78, 5) is 0. The second-order valence-corrected chi connectivity index (χ2v) is 6.34. The summed E-state index contributed by atoms with van der Waals surface area (Å²) in [6, 6.07) is 10.1. The summed E-state index contributed by atoms with van der Waals surface area (Å²) in [6.45, 7) is 3.96. The molecule has 0 bridgehead atoms. The molecule has 1 aromatic carbocycles. The first kappa shape index (κ1) is 14.9. The molecule has 0 saturated heterocycles. The van der Waals surface area contributed by atoms with Gasteiger partial charge in [0.2, 0.25) is 0 Å². The summed E-state index contributed by atoms with van der Waals surface area (Å²) in [5.74, 6) is 1.31. The molecule has 1 aromatic rings. The van der Waals surface area contributed by atoms with Gasteiger partial charge >= 0.3 is 0 Å². The number of methoxy groups -OCH3 is 1. The predicted molar refractivity (Wildman–Crippen MR) is 78.4 cm³/mol. The lowest BCUT2D eigenvalue weighted by atomic mass is 9.69. The molecule has 2 rings (SSSR count). The molecule has 0 aliphatic heterocycles. The Balaban J connectivity index is 2.19. The fourth-order valence-electron chi connectivity index (χ4n) is 3.31. The molecule has 1 saturated carbocycles. The average Bonchev–Trinajstić information content (AvgIpc) is 2.83. The summed E-state index contributed by atoms with van der Waals surface area (Å²) in [7, 11) is 1.63. The molecule has 0 spiro atoms. The Morgan fingerprint density at radius 2 is 2.10 bits per heavy atom. The van der Waals surface area contributed by atoms with E-state index in [1.54, 1.807) is 14.0 Å². The lowest BCUT2D eigenvalue weighted by molar-refractivity contribution is -0.0375. The largest absolute Gasteiger partial charge is 0.497 e. The van der Waals surface area contributed by atoms with Crippen molar-refractivity contribution in [1.29, 1.82) is 5.26 Å². The molecular formula is C17H23NO2. The molecule has 0 radical (unpaired) electrons. The highest BCUT2D eigenvalue weighted by Gasteiger charge is 2.51. The van der Waals surface area contributed by atoms with Crippen LogP contribution in [0.2, 0.25) is 0 Å². The van der Waals surface area contributed by atoms with E-state index in [2.05, 4.69) is 13.0 Å². The Bertz CT molecular complexity index is 501. The zero-order chi connectivity index (χ0) is 14.8. The second-order valence-electron chi connectivity index (χ2n) is 6.34. The number of nitrogens with zero attached hydrogens (tertiary/aromatic N) is 1. The van der Waals surface area contributed by atoms with E-state index in [-0.39, 0.29) is 0 Å². The van der Waals surface area contributed by atoms with Gasteiger partial charge in [-0.25, -0.2) is 0 Å². The number of benzene rings is 1. The van der Waals surface area contributed by atoms with Crippen LogP contribution < -0.4 is 4.74 Å². The van der Waals surface area contributed by atoms with E-state index >= 15 is 0 Å². The Morgan fingerprint density at radius 3 is 2.55 bits per heavy atom. The number of hydrogen-bond acceptors (Lipinski definition) is 3. The van der Waals surface area contributed by atoms with Gasteiger partial charge in [0.05, 0.1) is 24.2 Å². The van der Waals surface area contributed by atoms with Gasteiger partial charge < -0.3 is 9.84 Å². The molecule has 0 heterocycles. The molecule has 3 unspecified atom stereocenters. The highest BCUT2D eigenvalue weighted by atomic mass is 16.5. The number of hydrogen-bond donors (Lipinski definition) is 1. The average molecular weight is 273 g/mol. The van der Waals surface area contributed by atoms with Crippen molar-refractivity contribution in [1.82, 2.24) is 0 Å². The summed E-state index contributed by atoms with van der Waals surface area (Å²) in [5.41, 5.74) is -0.585. The van der Waals surface area contributed by atoms with Gasteiger partial charge in [0, 0.05) is 6.42 Å². The maximum atomic E-state index is 10.9. The second kappa shape index (κ2) is 5.46. The van der Waals surface area contributed by atoms with Crippen molar-refractivity contribution < 1.29 is 9.84 Å². The molecular weight excluding hydrogens is 250 g/mol. The minimum atomic E-state index is -0.999. The molecule has 3 atom stereocenters. The Kier molecular flexibility index (Phi) is 4.06. The molecule has 3 heteroatoms. The normalized spacial score (nSPS) is 28.6. The van der Waals surface area contributed by atoms with E-state index in [1.807, 2.05) is 24.3 Å². The van der Waals surface area contributed by atoms with Gasteiger partial charge in [0.1, 0.15) is 5.75 Å². The van der Waals surface area contributed by atoms with Gasteiger partial charge in [0.15, 0.2) is 0 Å². The summed E-state index contributed by atoms with van der Waals surface area (Å²) >= 11 is 0. The first-order valence-corrected chi connectivity index (χ1v) is 7.19. The number of ether oxygens (including phenoxy) is 1. The van der Waals surface area contributed by atoms with E-state index in [0.29, 0.717) is 12.3 Å². The van der Waals surface area contributed by atoms with Gasteiger partial charge in [-0.3, -0.25) is 0 Å². The first-order valence-electron chi connectivity index (χ1n) is 7.19. The van der Waals surface area contributed by atoms with Crippen LogP contribution in [0.5, 0.6) is 5.75 Å². The van der Waals surface area contributed by atoms with Crippen LogP contribution in [0.25, 0.3) is 0 Å². The Hall–Kier alpha value is -1.53. The smallest absolute Gasteiger partial charge is 0.118 e. The standard InChI is InChI=1S/C17H23NO2/c1-13-8-9-17(10-13,12-18)16(2,19)11-14-4-6-15(20-3)7-5-14/h4-7,13,19H,8-11H2,1-3H3. The van der Waals surface area contributed by atoms with E-state index in [1.165, 1.54) is 0 Å². The van der Waals surface area contributed by atoms with Crippen molar-refractivity contribution in [2.75, 3.05) is 7.11 Å². The van der Waals surface area contributed by atoms with Crippen LogP contribution in [-0.2, 0) is 6.42 Å². The van der Waals surface area contributed by atoms with Crippen molar-refractivity contribution in [3.05, 3.63) is 29.8 Å². The third-order valence-electron chi connectivity index (χ3n) is 4.71. The van der Waals surface area contributed by atoms with E-state index in [0.717, 1.165) is 30.6 Å². The highest BCUT2D eigenvalue weighted by Crippen LogP contribution is 2.49. The van der Waals surface area contributed by atoms with Crippen molar-refractivity contribution in [2.24, 2.45) is 11.3 Å². The Labute approximate surface area is 121 Å². The summed E-state index contributed by atoms with van der Waals surface area (Å²) in [5, 5.41) is 20.5. The van der Waals surface area contributed by atoms with Crippen molar-refractivity contribution in [3.63, 3.8) is 0 Å². The number of nitriles is 1. The van der Waals surface area contributed by atoms with Crippen LogP contribution in [-0.4, -0.2) is 17.8 Å². The fraction of sp³-hybridized carbons (Fsp3) is 0.588. The minimum Gasteiger partial charge on any atom is -0.497 e. The topological polar surface area (TPSA) is 53.2 Å². The fourth-order valence-corrected chi connectivity index (χ4v) is 3.31. The van der Waals surface area contributed by atoms with Crippen LogP contribution in [0.3, 0.4) is 0 Å². The SMILES string of the molecule is COc1ccc(CC(C)(O)C2(C#N)CCC(C)C2)cc1. The first-order chi connectivity index (χ1) is 9.42. The zero-order valence-electron chi connectivity index (χ0n) is 12.5. The van der Waals surface area contributed by atoms with Crippen LogP contribution >= 0.6 is 0 Å². The maximum Gasteiger partial charge on any atom is 0.118 e. The predicted octanol–water partition coefficient (Wildman–Crippen LogP) is 3.32. The van der Waals surface area contributed by atoms with E-state index in [4.69, 9.17) is 4.74 Å². The van der Waals surface area contributed by atoms with Crippen LogP contribution in [0.15, 0.2) is 24.3 Å². The summed E-state index contributed by atoms with van der Waals surface area (Å²) < 4.78 is 5.14. The lowest BCUT2D eigenvalue weighted by Crippen LogP contribution is -2.45. The Morgan fingerprint density at radius 1 is 1.45 bits per heavy atom. The summed E-state index contributed by atoms with van der Waals surface area (Å²) in [6.07, 6.45) is 3.09. The van der Waals surface area contributed by atoms with Crippen LogP contribution in [0.1, 0.15) is 38.7 Å². The molecule has 0 amide bonds. The van der Waals surface area contributed by atoms with Gasteiger partial charge in [-0.15, -0.1) is 0 Å². The monoisotopic (exact) mass is 273 g/mol. The third kappa shape index (κ3) is 2.66. The molecule has 20 heavy (non-hydrogen) atoms. The van der Waals surface area contributed by atoms with Crippen LogP contribution in [0.4, 0.5) is 0 Å². The maximum absolute atomic E-state index is 10.9. The number of aliphatic hydroxyl groups is 1. The van der Waals surface area contributed by atoms with Crippen molar-refractivity contribution in [2.45, 2.75) is 45.1 Å². The molecule has 108 valence electrons.